The van der Waals surface area contributed by atoms with Crippen molar-refractivity contribution in [3.63, 3.8) is 0 Å². The van der Waals surface area contributed by atoms with Gasteiger partial charge in [-0.3, -0.25) is 0 Å². The molecule has 0 heterocycles. The summed E-state index contributed by atoms with van der Waals surface area (Å²) in [6.45, 7) is 5.02. The maximum Gasteiger partial charge on any atom is 0.122 e. The van der Waals surface area contributed by atoms with Gasteiger partial charge in [-0.05, 0) is 49.1 Å². The van der Waals surface area contributed by atoms with Crippen molar-refractivity contribution in [2.45, 2.75) is 32.9 Å². The van der Waals surface area contributed by atoms with Crippen LogP contribution in [-0.2, 0) is 13.0 Å². The summed E-state index contributed by atoms with van der Waals surface area (Å²) in [5, 5.41) is 4.36. The van der Waals surface area contributed by atoms with E-state index in [0.29, 0.717) is 6.04 Å². The average molecular weight is 304 g/mol. The molecule has 2 aromatic carbocycles. The zero-order chi connectivity index (χ0) is 15.2. The van der Waals surface area contributed by atoms with Crippen LogP contribution in [0.3, 0.4) is 0 Å². The molecule has 0 saturated carbocycles. The summed E-state index contributed by atoms with van der Waals surface area (Å²) in [5.74, 6) is 0.949. The second-order valence-electron chi connectivity index (χ2n) is 5.38. The summed E-state index contributed by atoms with van der Waals surface area (Å²) >= 11 is 6.15. The molecular formula is C18H22ClNO. The highest BCUT2D eigenvalue weighted by Crippen LogP contribution is 2.19. The van der Waals surface area contributed by atoms with Crippen LogP contribution in [0.2, 0.25) is 5.02 Å². The van der Waals surface area contributed by atoms with Crippen LogP contribution in [0.5, 0.6) is 5.75 Å². The zero-order valence-electron chi connectivity index (χ0n) is 12.8. The fourth-order valence-electron chi connectivity index (χ4n) is 2.31. The lowest BCUT2D eigenvalue weighted by molar-refractivity contribution is 0.406. The maximum atomic E-state index is 6.15. The molecule has 0 spiro atoms. The normalized spacial score (nSPS) is 12.2. The second kappa shape index (κ2) is 7.48. The van der Waals surface area contributed by atoms with Crippen LogP contribution >= 0.6 is 11.6 Å². The van der Waals surface area contributed by atoms with E-state index < -0.39 is 0 Å². The number of aryl methyl sites for hydroxylation is 1. The van der Waals surface area contributed by atoms with Crippen molar-refractivity contribution in [3.8, 4) is 5.75 Å². The van der Waals surface area contributed by atoms with Crippen molar-refractivity contribution in [1.82, 2.24) is 5.32 Å². The van der Waals surface area contributed by atoms with E-state index in [4.69, 9.17) is 16.3 Å². The number of para-hydroxylation sites is 1. The van der Waals surface area contributed by atoms with Crippen molar-refractivity contribution < 1.29 is 4.74 Å². The summed E-state index contributed by atoms with van der Waals surface area (Å²) in [4.78, 5) is 0. The Balaban J connectivity index is 1.92. The number of hydrogen-bond donors (Lipinski definition) is 1. The molecule has 0 aliphatic carbocycles. The van der Waals surface area contributed by atoms with Gasteiger partial charge in [0.2, 0.25) is 0 Å². The Labute approximate surface area is 132 Å². The van der Waals surface area contributed by atoms with Crippen LogP contribution in [0.25, 0.3) is 0 Å². The Morgan fingerprint density at radius 3 is 2.67 bits per heavy atom. The summed E-state index contributed by atoms with van der Waals surface area (Å²) in [6.07, 6.45) is 0.934. The Hall–Kier alpha value is -1.51. The molecule has 0 fully saturated rings. The molecule has 0 amide bonds. The van der Waals surface area contributed by atoms with Gasteiger partial charge in [0.25, 0.3) is 0 Å². The maximum absolute atomic E-state index is 6.15. The van der Waals surface area contributed by atoms with E-state index in [9.17, 15) is 0 Å². The second-order valence-corrected chi connectivity index (χ2v) is 5.79. The number of benzene rings is 2. The van der Waals surface area contributed by atoms with Crippen molar-refractivity contribution >= 4 is 11.6 Å². The first-order valence-corrected chi connectivity index (χ1v) is 7.58. The number of ether oxygens (including phenoxy) is 1. The minimum atomic E-state index is 0.362. The Morgan fingerprint density at radius 2 is 1.95 bits per heavy atom. The predicted octanol–water partition coefficient (Wildman–Crippen LogP) is 4.38. The molecule has 112 valence electrons. The molecule has 1 atom stereocenters. The molecule has 2 nitrogen and oxygen atoms in total. The SMILES string of the molecule is COc1ccccc1CC(C)NCc1ccc(C)c(Cl)c1. The molecular weight excluding hydrogens is 282 g/mol. The number of hydrogen-bond acceptors (Lipinski definition) is 2. The van der Waals surface area contributed by atoms with Crippen molar-refractivity contribution in [3.05, 3.63) is 64.2 Å². The van der Waals surface area contributed by atoms with Gasteiger partial charge in [-0.1, -0.05) is 41.9 Å². The third-order valence-electron chi connectivity index (χ3n) is 3.61. The first-order valence-electron chi connectivity index (χ1n) is 7.20. The molecule has 0 bridgehead atoms. The smallest absolute Gasteiger partial charge is 0.122 e. The molecule has 0 aliphatic heterocycles. The van der Waals surface area contributed by atoms with Gasteiger partial charge >= 0.3 is 0 Å². The Morgan fingerprint density at radius 1 is 1.19 bits per heavy atom. The highest BCUT2D eigenvalue weighted by atomic mass is 35.5. The quantitative estimate of drug-likeness (QED) is 0.855. The molecule has 1 N–H and O–H groups in total. The largest absolute Gasteiger partial charge is 0.496 e. The lowest BCUT2D eigenvalue weighted by atomic mass is 10.1. The van der Waals surface area contributed by atoms with Gasteiger partial charge in [-0.2, -0.15) is 0 Å². The molecule has 21 heavy (non-hydrogen) atoms. The van der Waals surface area contributed by atoms with Gasteiger partial charge in [0.1, 0.15) is 5.75 Å². The van der Waals surface area contributed by atoms with Gasteiger partial charge in [0.15, 0.2) is 0 Å². The van der Waals surface area contributed by atoms with E-state index in [1.165, 1.54) is 11.1 Å². The standard InChI is InChI=1S/C18H22ClNO/c1-13-8-9-15(11-17(13)19)12-20-14(2)10-16-6-4-5-7-18(16)21-3/h4-9,11,14,20H,10,12H2,1-3H3. The minimum absolute atomic E-state index is 0.362. The van der Waals surface area contributed by atoms with Crippen molar-refractivity contribution in [2.24, 2.45) is 0 Å². The fraction of sp³-hybridized carbons (Fsp3) is 0.333. The van der Waals surface area contributed by atoms with Crippen LogP contribution in [0.4, 0.5) is 0 Å². The van der Waals surface area contributed by atoms with Crippen molar-refractivity contribution in [1.29, 1.82) is 0 Å². The van der Waals surface area contributed by atoms with E-state index >= 15 is 0 Å². The predicted molar refractivity (Wildman–Crippen MR) is 89.2 cm³/mol. The molecule has 0 saturated heterocycles. The Kier molecular flexibility index (Phi) is 5.66. The molecule has 0 aromatic heterocycles. The first kappa shape index (κ1) is 15.9. The van der Waals surface area contributed by atoms with Gasteiger partial charge in [0, 0.05) is 17.6 Å². The number of nitrogens with one attached hydrogen (secondary N) is 1. The third kappa shape index (κ3) is 4.48. The monoisotopic (exact) mass is 303 g/mol. The van der Waals surface area contributed by atoms with Crippen molar-refractivity contribution in [2.75, 3.05) is 7.11 Å². The number of halogens is 1. The van der Waals surface area contributed by atoms with E-state index in [-0.39, 0.29) is 0 Å². The highest BCUT2D eigenvalue weighted by molar-refractivity contribution is 6.31. The van der Waals surface area contributed by atoms with Crippen LogP contribution in [0.1, 0.15) is 23.6 Å². The zero-order valence-corrected chi connectivity index (χ0v) is 13.6. The molecule has 3 heteroatoms. The number of methoxy groups -OCH3 is 1. The molecule has 0 aliphatic rings. The van der Waals surface area contributed by atoms with Gasteiger partial charge < -0.3 is 10.1 Å². The summed E-state index contributed by atoms with van der Waals surface area (Å²) < 4.78 is 5.39. The number of rotatable bonds is 6. The average Bonchev–Trinajstić information content (AvgIpc) is 2.49. The van der Waals surface area contributed by atoms with Crippen LogP contribution < -0.4 is 10.1 Å². The third-order valence-corrected chi connectivity index (χ3v) is 4.02. The fourth-order valence-corrected chi connectivity index (χ4v) is 2.52. The molecule has 0 radical (unpaired) electrons. The van der Waals surface area contributed by atoms with E-state index in [2.05, 4.69) is 30.4 Å². The lowest BCUT2D eigenvalue weighted by Crippen LogP contribution is -2.27. The molecule has 2 aromatic rings. The van der Waals surface area contributed by atoms with E-state index in [0.717, 1.165) is 29.3 Å². The van der Waals surface area contributed by atoms with Gasteiger partial charge in [0.05, 0.1) is 7.11 Å². The summed E-state index contributed by atoms with van der Waals surface area (Å²) in [6, 6.07) is 14.7. The van der Waals surface area contributed by atoms with Gasteiger partial charge in [-0.15, -0.1) is 0 Å². The van der Waals surface area contributed by atoms with E-state index in [1.807, 2.05) is 31.2 Å². The summed E-state index contributed by atoms with van der Waals surface area (Å²) in [7, 11) is 1.71. The summed E-state index contributed by atoms with van der Waals surface area (Å²) in [5.41, 5.74) is 3.54. The molecule has 2 rings (SSSR count). The van der Waals surface area contributed by atoms with Crippen LogP contribution in [0, 0.1) is 6.92 Å². The van der Waals surface area contributed by atoms with Gasteiger partial charge in [-0.25, -0.2) is 0 Å². The first-order chi connectivity index (χ1) is 10.1. The lowest BCUT2D eigenvalue weighted by Gasteiger charge is -2.16. The Bertz CT molecular complexity index is 598. The molecule has 1 unspecified atom stereocenters. The van der Waals surface area contributed by atoms with E-state index in [1.54, 1.807) is 7.11 Å². The van der Waals surface area contributed by atoms with Crippen LogP contribution in [0.15, 0.2) is 42.5 Å². The topological polar surface area (TPSA) is 21.3 Å². The minimum Gasteiger partial charge on any atom is -0.496 e. The highest BCUT2D eigenvalue weighted by Gasteiger charge is 2.08. The van der Waals surface area contributed by atoms with Crippen LogP contribution in [-0.4, -0.2) is 13.2 Å².